The lowest BCUT2D eigenvalue weighted by molar-refractivity contribution is -0.210. The van der Waals surface area contributed by atoms with Crippen LogP contribution in [0, 0.1) is 52.3 Å². The van der Waals surface area contributed by atoms with Crippen LogP contribution < -0.4 is 0 Å². The minimum Gasteiger partial charge on any atom is -0.390 e. The minimum atomic E-state index is -0.516. The molecule has 0 radical (unpaired) electrons. The van der Waals surface area contributed by atoms with Crippen molar-refractivity contribution < 1.29 is 10.2 Å². The van der Waals surface area contributed by atoms with Crippen molar-refractivity contribution in [3.63, 3.8) is 0 Å². The van der Waals surface area contributed by atoms with E-state index in [0.29, 0.717) is 17.3 Å². The summed E-state index contributed by atoms with van der Waals surface area (Å²) in [5.41, 5.74) is 0.771. The van der Waals surface area contributed by atoms with Gasteiger partial charge in [0.15, 0.2) is 0 Å². The van der Waals surface area contributed by atoms with Gasteiger partial charge in [0, 0.05) is 0 Å². The van der Waals surface area contributed by atoms with E-state index in [4.69, 9.17) is 0 Å². The van der Waals surface area contributed by atoms with Crippen molar-refractivity contribution in [2.24, 2.45) is 52.3 Å². The molecule has 4 saturated carbocycles. The van der Waals surface area contributed by atoms with Crippen LogP contribution in [0.15, 0.2) is 0 Å². The molecule has 4 rings (SSSR count). The number of fused-ring (bicyclic) bond motifs is 5. The molecular weight excluding hydrogens is 296 g/mol. The van der Waals surface area contributed by atoms with Gasteiger partial charge in [0.25, 0.3) is 0 Å². The first-order valence-electron chi connectivity index (χ1n) is 10.6. The topological polar surface area (TPSA) is 40.5 Å². The molecule has 0 bridgehead atoms. The Labute approximate surface area is 148 Å². The fraction of sp³-hybridized carbons (Fsp3) is 1.00. The van der Waals surface area contributed by atoms with Crippen LogP contribution in [-0.2, 0) is 0 Å². The molecule has 0 amide bonds. The molecule has 4 unspecified atom stereocenters. The maximum Gasteiger partial charge on any atom is 0.0835 e. The van der Waals surface area contributed by atoms with Crippen LogP contribution in [0.3, 0.4) is 0 Å². The molecular formula is C22H38O2. The quantitative estimate of drug-likeness (QED) is 0.685. The fourth-order valence-electron chi connectivity index (χ4n) is 8.41. The number of aliphatic hydroxyl groups excluding tert-OH is 2. The number of hydrogen-bond acceptors (Lipinski definition) is 2. The van der Waals surface area contributed by atoms with Crippen LogP contribution >= 0.6 is 0 Å². The molecule has 2 nitrogen and oxygen atoms in total. The molecule has 138 valence electrons. The summed E-state index contributed by atoms with van der Waals surface area (Å²) in [7, 11) is 0. The van der Waals surface area contributed by atoms with Crippen molar-refractivity contribution in [3.8, 4) is 0 Å². The van der Waals surface area contributed by atoms with Crippen LogP contribution in [0.5, 0.6) is 0 Å². The summed E-state index contributed by atoms with van der Waals surface area (Å²) < 4.78 is 0. The van der Waals surface area contributed by atoms with Gasteiger partial charge in [0.05, 0.1) is 12.2 Å². The summed E-state index contributed by atoms with van der Waals surface area (Å²) in [6.45, 7) is 12.4. The second-order valence-corrected chi connectivity index (χ2v) is 10.7. The monoisotopic (exact) mass is 334 g/mol. The summed E-state index contributed by atoms with van der Waals surface area (Å²) in [6, 6.07) is 0. The van der Waals surface area contributed by atoms with E-state index in [1.54, 1.807) is 0 Å². The Hall–Kier alpha value is -0.0800. The highest BCUT2D eigenvalue weighted by atomic mass is 16.3. The van der Waals surface area contributed by atoms with E-state index in [1.165, 1.54) is 25.7 Å². The molecule has 0 saturated heterocycles. The van der Waals surface area contributed by atoms with Crippen LogP contribution in [0.2, 0.25) is 0 Å². The Morgan fingerprint density at radius 2 is 1.38 bits per heavy atom. The van der Waals surface area contributed by atoms with E-state index in [2.05, 4.69) is 34.6 Å². The Balaban J connectivity index is 1.74. The van der Waals surface area contributed by atoms with Gasteiger partial charge in [-0.1, -0.05) is 34.6 Å². The molecule has 4 fully saturated rings. The van der Waals surface area contributed by atoms with Gasteiger partial charge in [0.2, 0.25) is 0 Å². The van der Waals surface area contributed by atoms with Crippen LogP contribution in [0.25, 0.3) is 0 Å². The van der Waals surface area contributed by atoms with E-state index in [-0.39, 0.29) is 11.3 Å². The van der Waals surface area contributed by atoms with Crippen molar-refractivity contribution in [3.05, 3.63) is 0 Å². The normalized spacial score (nSPS) is 63.4. The molecule has 0 aromatic carbocycles. The van der Waals surface area contributed by atoms with Gasteiger partial charge in [-0.2, -0.15) is 0 Å². The van der Waals surface area contributed by atoms with Crippen molar-refractivity contribution in [2.45, 2.75) is 85.4 Å². The molecule has 2 heteroatoms. The van der Waals surface area contributed by atoms with Crippen molar-refractivity contribution >= 4 is 0 Å². The van der Waals surface area contributed by atoms with Gasteiger partial charge in [-0.25, -0.2) is 0 Å². The van der Waals surface area contributed by atoms with Crippen LogP contribution in [-0.4, -0.2) is 22.4 Å². The predicted octanol–water partition coefficient (Wildman–Crippen LogP) is 4.49. The average molecular weight is 335 g/mol. The highest BCUT2D eigenvalue weighted by molar-refractivity contribution is 5.13. The Kier molecular flexibility index (Phi) is 3.94. The van der Waals surface area contributed by atoms with Crippen molar-refractivity contribution in [2.75, 3.05) is 0 Å². The summed E-state index contributed by atoms with van der Waals surface area (Å²) in [5.74, 6) is 4.79. The molecule has 11 atom stereocenters. The van der Waals surface area contributed by atoms with Gasteiger partial charge in [0.1, 0.15) is 0 Å². The number of hydrogen-bond donors (Lipinski definition) is 2. The van der Waals surface area contributed by atoms with E-state index in [1.807, 2.05) is 0 Å². The third-order valence-corrected chi connectivity index (χ3v) is 10.2. The number of aliphatic hydroxyl groups is 2. The zero-order chi connectivity index (χ0) is 17.4. The standard InChI is InChI=1S/C22H38O2/c1-12-6-7-15-18-13(2)14(3)19-20(24)17(23)9-11-22(19,5)16(18)8-10-21(12,15)4/h12-20,23-24H,6-11H2,1-5H3/t12-,13-,14-,15?,16?,17-,18?,19?,20+,21+,22+/m0/s1. The first-order valence-corrected chi connectivity index (χ1v) is 10.6. The predicted molar refractivity (Wildman–Crippen MR) is 97.4 cm³/mol. The molecule has 4 aliphatic carbocycles. The van der Waals surface area contributed by atoms with E-state index >= 15 is 0 Å². The number of rotatable bonds is 0. The second kappa shape index (κ2) is 5.46. The third kappa shape index (κ3) is 2.02. The highest BCUT2D eigenvalue weighted by Gasteiger charge is 2.64. The highest BCUT2D eigenvalue weighted by Crippen LogP contribution is 2.69. The van der Waals surface area contributed by atoms with Gasteiger partial charge < -0.3 is 10.2 Å². The SMILES string of the molecule is C[C@@H]1C2C(CC[C@@]3(C)C2CC[C@@H]3C)[C@@]2(C)CC[C@H](O)[C@@H](O)C2[C@H]1C. The van der Waals surface area contributed by atoms with Gasteiger partial charge in [-0.05, 0) is 90.8 Å². The minimum absolute atomic E-state index is 0.225. The molecule has 0 aromatic rings. The summed E-state index contributed by atoms with van der Waals surface area (Å²) in [4.78, 5) is 0. The maximum atomic E-state index is 10.8. The first-order chi connectivity index (χ1) is 11.2. The summed E-state index contributed by atoms with van der Waals surface area (Å²) in [6.07, 6.45) is 6.42. The van der Waals surface area contributed by atoms with Crippen LogP contribution in [0.4, 0.5) is 0 Å². The van der Waals surface area contributed by atoms with Crippen molar-refractivity contribution in [1.29, 1.82) is 0 Å². The zero-order valence-electron chi connectivity index (χ0n) is 16.3. The van der Waals surface area contributed by atoms with E-state index in [0.717, 1.165) is 36.5 Å². The van der Waals surface area contributed by atoms with E-state index in [9.17, 15) is 10.2 Å². The maximum absolute atomic E-state index is 10.8. The smallest absolute Gasteiger partial charge is 0.0835 e. The summed E-state index contributed by atoms with van der Waals surface area (Å²) in [5, 5.41) is 21.2. The first kappa shape index (κ1) is 17.3. The lowest BCUT2D eigenvalue weighted by atomic mass is 9.40. The average Bonchev–Trinajstić information content (AvgIpc) is 2.84. The lowest BCUT2D eigenvalue weighted by Crippen LogP contribution is -2.63. The van der Waals surface area contributed by atoms with E-state index < -0.39 is 12.2 Å². The molecule has 0 heterocycles. The molecule has 2 N–H and O–H groups in total. The van der Waals surface area contributed by atoms with Crippen LogP contribution in [0.1, 0.15) is 73.1 Å². The molecule has 4 aliphatic rings. The third-order valence-electron chi connectivity index (χ3n) is 10.2. The Morgan fingerprint density at radius 3 is 2.08 bits per heavy atom. The second-order valence-electron chi connectivity index (χ2n) is 10.7. The van der Waals surface area contributed by atoms with Gasteiger partial charge in [-0.15, -0.1) is 0 Å². The van der Waals surface area contributed by atoms with Crippen molar-refractivity contribution in [1.82, 2.24) is 0 Å². The van der Waals surface area contributed by atoms with Gasteiger partial charge >= 0.3 is 0 Å². The van der Waals surface area contributed by atoms with Gasteiger partial charge in [-0.3, -0.25) is 0 Å². The lowest BCUT2D eigenvalue weighted by Gasteiger charge is -2.65. The largest absolute Gasteiger partial charge is 0.390 e. The fourth-order valence-corrected chi connectivity index (χ4v) is 8.41. The Morgan fingerprint density at radius 1 is 0.750 bits per heavy atom. The molecule has 24 heavy (non-hydrogen) atoms. The molecule has 0 aliphatic heterocycles. The zero-order valence-corrected chi connectivity index (χ0v) is 16.3. The summed E-state index contributed by atoms with van der Waals surface area (Å²) >= 11 is 0. The molecule has 0 aromatic heterocycles. The molecule has 0 spiro atoms. The Bertz CT molecular complexity index is 504.